The number of hydrogen-bond donors (Lipinski definition) is 0. The second-order valence-corrected chi connectivity index (χ2v) is 4.39. The molecule has 1 aromatic carbocycles. The van der Waals surface area contributed by atoms with E-state index < -0.39 is 10.7 Å². The minimum atomic E-state index is -0.591. The van der Waals surface area contributed by atoms with E-state index in [1.807, 2.05) is 4.90 Å². The van der Waals surface area contributed by atoms with Gasteiger partial charge in [0, 0.05) is 12.6 Å². The fourth-order valence-electron chi connectivity index (χ4n) is 2.54. The summed E-state index contributed by atoms with van der Waals surface area (Å²) in [5, 5.41) is 10.5. The van der Waals surface area contributed by atoms with Crippen LogP contribution in [0.3, 0.4) is 0 Å². The maximum absolute atomic E-state index is 13.8. The molecule has 1 aromatic rings. The maximum atomic E-state index is 13.8. The molecule has 2 unspecified atom stereocenters. The smallest absolute Gasteiger partial charge is 0.272 e. The Morgan fingerprint density at radius 3 is 2.88 bits per heavy atom. The largest absolute Gasteiger partial charge is 0.374 e. The van der Waals surface area contributed by atoms with Crippen molar-refractivity contribution in [1.82, 2.24) is 0 Å². The number of fused-ring (bicyclic) bond motifs is 2. The number of nitrogens with zero attached hydrogens (tertiary/aromatic N) is 2. The van der Waals surface area contributed by atoms with Crippen LogP contribution in [-0.2, 0) is 4.74 Å². The Morgan fingerprint density at radius 2 is 2.35 bits per heavy atom. The molecule has 2 heterocycles. The van der Waals surface area contributed by atoms with E-state index >= 15 is 0 Å². The number of non-ortho nitro benzene ring substituents is 1. The van der Waals surface area contributed by atoms with Gasteiger partial charge in [-0.2, -0.15) is 0 Å². The number of anilines is 1. The number of hydrogen-bond acceptors (Lipinski definition) is 4. The fourth-order valence-corrected chi connectivity index (χ4v) is 2.54. The van der Waals surface area contributed by atoms with E-state index in [4.69, 9.17) is 4.74 Å². The molecule has 0 spiro atoms. The maximum Gasteiger partial charge on any atom is 0.272 e. The van der Waals surface area contributed by atoms with Gasteiger partial charge in [-0.15, -0.1) is 0 Å². The lowest BCUT2D eigenvalue weighted by Crippen LogP contribution is -2.37. The molecule has 0 amide bonds. The Hall–Kier alpha value is -1.69. The minimum absolute atomic E-state index is 0.176. The van der Waals surface area contributed by atoms with E-state index in [9.17, 15) is 14.5 Å². The normalized spacial score (nSPS) is 26.5. The van der Waals surface area contributed by atoms with Gasteiger partial charge in [-0.05, 0) is 12.5 Å². The lowest BCUT2D eigenvalue weighted by atomic mass is 10.2. The van der Waals surface area contributed by atoms with Crippen molar-refractivity contribution in [1.29, 1.82) is 0 Å². The monoisotopic (exact) mass is 238 g/mol. The van der Waals surface area contributed by atoms with Gasteiger partial charge >= 0.3 is 0 Å². The molecule has 2 atom stereocenters. The SMILES string of the molecule is O=[N+]([O-])c1ccc(N2CC3CC2CO3)c(F)c1. The van der Waals surface area contributed by atoms with Crippen molar-refractivity contribution >= 4 is 11.4 Å². The molecule has 0 aromatic heterocycles. The molecule has 17 heavy (non-hydrogen) atoms. The average molecular weight is 238 g/mol. The minimum Gasteiger partial charge on any atom is -0.374 e. The third kappa shape index (κ3) is 1.64. The zero-order chi connectivity index (χ0) is 12.0. The Balaban J connectivity index is 1.91. The quantitative estimate of drug-likeness (QED) is 0.581. The molecule has 0 aliphatic carbocycles. The summed E-state index contributed by atoms with van der Waals surface area (Å²) >= 11 is 0. The molecule has 2 fully saturated rings. The second kappa shape index (κ2) is 3.66. The molecule has 2 saturated heterocycles. The molecule has 0 N–H and O–H groups in total. The van der Waals surface area contributed by atoms with Crippen LogP contribution in [0.5, 0.6) is 0 Å². The van der Waals surface area contributed by atoms with Crippen molar-refractivity contribution in [2.24, 2.45) is 0 Å². The molecule has 2 aliphatic rings. The molecule has 5 nitrogen and oxygen atoms in total. The van der Waals surface area contributed by atoms with Crippen LogP contribution in [0.1, 0.15) is 6.42 Å². The summed E-state index contributed by atoms with van der Waals surface area (Å²) < 4.78 is 19.2. The first-order chi connectivity index (χ1) is 8.15. The van der Waals surface area contributed by atoms with Crippen molar-refractivity contribution in [2.45, 2.75) is 18.6 Å². The van der Waals surface area contributed by atoms with Gasteiger partial charge in [-0.1, -0.05) is 0 Å². The highest BCUT2D eigenvalue weighted by molar-refractivity contribution is 5.54. The highest BCUT2D eigenvalue weighted by atomic mass is 19.1. The highest BCUT2D eigenvalue weighted by Crippen LogP contribution is 2.34. The second-order valence-electron chi connectivity index (χ2n) is 4.39. The summed E-state index contributed by atoms with van der Waals surface area (Å²) in [7, 11) is 0. The summed E-state index contributed by atoms with van der Waals surface area (Å²) in [6, 6.07) is 4.00. The Morgan fingerprint density at radius 1 is 1.53 bits per heavy atom. The number of morpholine rings is 1. The van der Waals surface area contributed by atoms with E-state index in [2.05, 4.69) is 0 Å². The molecule has 6 heteroatoms. The van der Waals surface area contributed by atoms with Gasteiger partial charge in [-0.25, -0.2) is 4.39 Å². The Bertz CT molecular complexity index is 480. The first-order valence-electron chi connectivity index (χ1n) is 5.47. The van der Waals surface area contributed by atoms with Gasteiger partial charge in [0.15, 0.2) is 5.82 Å². The number of nitro groups is 1. The number of benzene rings is 1. The zero-order valence-electron chi connectivity index (χ0n) is 9.01. The van der Waals surface area contributed by atoms with E-state index in [0.29, 0.717) is 18.8 Å². The molecule has 2 aliphatic heterocycles. The predicted octanol–water partition coefficient (Wildman–Crippen LogP) is 1.71. The third-order valence-corrected chi connectivity index (χ3v) is 3.35. The van der Waals surface area contributed by atoms with Crippen LogP contribution in [0.25, 0.3) is 0 Å². The predicted molar refractivity (Wildman–Crippen MR) is 58.5 cm³/mol. The Kier molecular flexibility index (Phi) is 2.25. The lowest BCUT2D eigenvalue weighted by Gasteiger charge is -2.29. The Labute approximate surface area is 96.9 Å². The van der Waals surface area contributed by atoms with Crippen LogP contribution in [-0.4, -0.2) is 30.2 Å². The van der Waals surface area contributed by atoms with Crippen LogP contribution < -0.4 is 4.90 Å². The van der Waals surface area contributed by atoms with Crippen molar-refractivity contribution in [3.63, 3.8) is 0 Å². The van der Waals surface area contributed by atoms with E-state index in [-0.39, 0.29) is 17.8 Å². The molecular formula is C11H11FN2O3. The molecule has 2 bridgehead atoms. The summed E-state index contributed by atoms with van der Waals surface area (Å²) in [5.41, 5.74) is 0.221. The third-order valence-electron chi connectivity index (χ3n) is 3.35. The van der Waals surface area contributed by atoms with Crippen LogP contribution >= 0.6 is 0 Å². The first kappa shape index (κ1) is 10.5. The van der Waals surface area contributed by atoms with Gasteiger partial charge in [0.1, 0.15) is 0 Å². The van der Waals surface area contributed by atoms with Crippen molar-refractivity contribution in [2.75, 3.05) is 18.1 Å². The standard InChI is InChI=1S/C11H11FN2O3/c12-10-4-7(14(15)16)1-2-11(10)13-5-9-3-8(13)6-17-9/h1-2,4,8-9H,3,5-6H2. The van der Waals surface area contributed by atoms with Crippen LogP contribution in [0.2, 0.25) is 0 Å². The summed E-state index contributed by atoms with van der Waals surface area (Å²) in [4.78, 5) is 11.9. The lowest BCUT2D eigenvalue weighted by molar-refractivity contribution is -0.385. The van der Waals surface area contributed by atoms with Crippen LogP contribution in [0, 0.1) is 15.9 Å². The number of rotatable bonds is 2. The number of halogens is 1. The van der Waals surface area contributed by atoms with Crippen LogP contribution in [0.4, 0.5) is 15.8 Å². The van der Waals surface area contributed by atoms with E-state index in [0.717, 1.165) is 12.5 Å². The fraction of sp³-hybridized carbons (Fsp3) is 0.455. The summed E-state index contributed by atoms with van der Waals surface area (Å²) in [6.07, 6.45) is 1.09. The molecule has 90 valence electrons. The van der Waals surface area contributed by atoms with Gasteiger partial charge in [0.25, 0.3) is 5.69 Å². The first-order valence-corrected chi connectivity index (χ1v) is 5.47. The molecular weight excluding hydrogens is 227 g/mol. The van der Waals surface area contributed by atoms with Crippen molar-refractivity contribution in [3.8, 4) is 0 Å². The van der Waals surface area contributed by atoms with Gasteiger partial charge in [0.2, 0.25) is 0 Å². The highest BCUT2D eigenvalue weighted by Gasteiger charge is 2.40. The number of nitro benzene ring substituents is 1. The summed E-state index contributed by atoms with van der Waals surface area (Å²) in [5.74, 6) is -0.535. The van der Waals surface area contributed by atoms with Gasteiger partial charge in [0.05, 0.1) is 35.4 Å². The van der Waals surface area contributed by atoms with Gasteiger partial charge in [-0.3, -0.25) is 10.1 Å². The zero-order valence-corrected chi connectivity index (χ0v) is 9.01. The van der Waals surface area contributed by atoms with Crippen molar-refractivity contribution in [3.05, 3.63) is 34.1 Å². The van der Waals surface area contributed by atoms with Crippen LogP contribution in [0.15, 0.2) is 18.2 Å². The van der Waals surface area contributed by atoms with E-state index in [1.165, 1.54) is 12.1 Å². The van der Waals surface area contributed by atoms with Crippen molar-refractivity contribution < 1.29 is 14.1 Å². The topological polar surface area (TPSA) is 55.6 Å². The van der Waals surface area contributed by atoms with Gasteiger partial charge < -0.3 is 9.64 Å². The molecule has 0 radical (unpaired) electrons. The average Bonchev–Trinajstić information content (AvgIpc) is 2.90. The summed E-state index contributed by atoms with van der Waals surface area (Å²) in [6.45, 7) is 1.28. The number of ether oxygens (including phenoxy) is 1. The van der Waals surface area contributed by atoms with E-state index in [1.54, 1.807) is 0 Å². The molecule has 0 saturated carbocycles. The molecule has 3 rings (SSSR count).